The molecule has 0 aliphatic heterocycles. The third-order valence-electron chi connectivity index (χ3n) is 3.04. The Balaban J connectivity index is 2.45. The molecule has 1 aliphatic carbocycles. The molecular formula is C14H18N2O4. The first-order valence-electron chi connectivity index (χ1n) is 6.76. The SMILES string of the molecule is CCON=C1CCCc2ncc(C(=O)OCC)c(O)c21. The monoisotopic (exact) mass is 278 g/mol. The van der Waals surface area contributed by atoms with E-state index >= 15 is 0 Å². The fraction of sp³-hybridized carbons (Fsp3) is 0.500. The lowest BCUT2D eigenvalue weighted by molar-refractivity contribution is 0.0522. The maximum Gasteiger partial charge on any atom is 0.343 e. The van der Waals surface area contributed by atoms with Gasteiger partial charge in [-0.3, -0.25) is 4.98 Å². The first-order valence-corrected chi connectivity index (χ1v) is 6.76. The molecule has 0 spiro atoms. The molecule has 108 valence electrons. The zero-order chi connectivity index (χ0) is 14.5. The number of aromatic nitrogens is 1. The third kappa shape index (κ3) is 2.74. The quantitative estimate of drug-likeness (QED) is 0.673. The van der Waals surface area contributed by atoms with Crippen molar-refractivity contribution in [3.8, 4) is 5.75 Å². The number of nitrogens with zero attached hydrogens (tertiary/aromatic N) is 2. The first-order chi connectivity index (χ1) is 9.69. The third-order valence-corrected chi connectivity index (χ3v) is 3.04. The Kier molecular flexibility index (Phi) is 4.55. The highest BCUT2D eigenvalue weighted by Gasteiger charge is 2.26. The van der Waals surface area contributed by atoms with Gasteiger partial charge in [-0.05, 0) is 33.1 Å². The van der Waals surface area contributed by atoms with Crippen molar-refractivity contribution in [1.29, 1.82) is 0 Å². The van der Waals surface area contributed by atoms with Crippen LogP contribution < -0.4 is 0 Å². The summed E-state index contributed by atoms with van der Waals surface area (Å²) in [6.07, 6.45) is 3.69. The van der Waals surface area contributed by atoms with Gasteiger partial charge in [-0.15, -0.1) is 0 Å². The predicted octanol–water partition coefficient (Wildman–Crippen LogP) is 2.04. The number of oxime groups is 1. The Morgan fingerprint density at radius 1 is 1.40 bits per heavy atom. The predicted molar refractivity (Wildman–Crippen MR) is 73.0 cm³/mol. The van der Waals surface area contributed by atoms with Gasteiger partial charge >= 0.3 is 5.97 Å². The maximum atomic E-state index is 11.8. The van der Waals surface area contributed by atoms with Gasteiger partial charge in [0.25, 0.3) is 0 Å². The molecule has 0 bridgehead atoms. The Labute approximate surface area is 117 Å². The van der Waals surface area contributed by atoms with Crippen LogP contribution >= 0.6 is 0 Å². The van der Waals surface area contributed by atoms with Gasteiger partial charge in [-0.2, -0.15) is 0 Å². The lowest BCUT2D eigenvalue weighted by Crippen LogP contribution is -2.17. The molecule has 0 saturated carbocycles. The second kappa shape index (κ2) is 6.36. The summed E-state index contributed by atoms with van der Waals surface area (Å²) in [7, 11) is 0. The number of aryl methyl sites for hydroxylation is 1. The summed E-state index contributed by atoms with van der Waals surface area (Å²) in [4.78, 5) is 21.1. The van der Waals surface area contributed by atoms with Crippen LogP contribution in [0.5, 0.6) is 5.75 Å². The number of carbonyl (C=O) groups is 1. The summed E-state index contributed by atoms with van der Waals surface area (Å²) < 4.78 is 4.91. The Morgan fingerprint density at radius 3 is 2.90 bits per heavy atom. The minimum Gasteiger partial charge on any atom is -0.506 e. The molecule has 0 saturated heterocycles. The van der Waals surface area contributed by atoms with Crippen molar-refractivity contribution in [3.05, 3.63) is 23.0 Å². The van der Waals surface area contributed by atoms with E-state index in [-0.39, 0.29) is 17.9 Å². The highest BCUT2D eigenvalue weighted by molar-refractivity contribution is 6.07. The van der Waals surface area contributed by atoms with Gasteiger partial charge in [0.2, 0.25) is 0 Å². The smallest absolute Gasteiger partial charge is 0.343 e. The van der Waals surface area contributed by atoms with Crippen LogP contribution in [0.3, 0.4) is 0 Å². The van der Waals surface area contributed by atoms with E-state index in [0.717, 1.165) is 18.5 Å². The summed E-state index contributed by atoms with van der Waals surface area (Å²) >= 11 is 0. The first kappa shape index (κ1) is 14.3. The molecule has 1 N–H and O–H groups in total. The molecule has 1 heterocycles. The number of hydrogen-bond donors (Lipinski definition) is 1. The minimum atomic E-state index is -0.582. The summed E-state index contributed by atoms with van der Waals surface area (Å²) in [5.41, 5.74) is 1.94. The number of esters is 1. The molecule has 1 aliphatic rings. The van der Waals surface area contributed by atoms with Gasteiger partial charge in [0.15, 0.2) is 0 Å². The van der Waals surface area contributed by atoms with Crippen molar-refractivity contribution in [2.45, 2.75) is 33.1 Å². The van der Waals surface area contributed by atoms with E-state index in [9.17, 15) is 9.90 Å². The summed E-state index contributed by atoms with van der Waals surface area (Å²) in [5.74, 6) is -0.701. The molecule has 0 amide bonds. The molecule has 1 aromatic rings. The second-order valence-electron chi connectivity index (χ2n) is 4.37. The molecule has 0 aromatic carbocycles. The number of ether oxygens (including phenoxy) is 1. The Morgan fingerprint density at radius 2 is 2.20 bits per heavy atom. The van der Waals surface area contributed by atoms with Crippen molar-refractivity contribution in [2.75, 3.05) is 13.2 Å². The van der Waals surface area contributed by atoms with Crippen LogP contribution in [0.1, 0.15) is 48.3 Å². The van der Waals surface area contributed by atoms with Gasteiger partial charge in [0.05, 0.1) is 23.6 Å². The molecule has 0 fully saturated rings. The van der Waals surface area contributed by atoms with Crippen LogP contribution in [0.25, 0.3) is 0 Å². The van der Waals surface area contributed by atoms with Gasteiger partial charge in [0.1, 0.15) is 17.9 Å². The molecular weight excluding hydrogens is 260 g/mol. The number of rotatable bonds is 4. The Bertz CT molecular complexity index is 540. The molecule has 6 heteroatoms. The van der Waals surface area contributed by atoms with E-state index in [0.29, 0.717) is 24.3 Å². The molecule has 0 radical (unpaired) electrons. The van der Waals surface area contributed by atoms with Crippen LogP contribution in [-0.2, 0) is 16.0 Å². The molecule has 0 atom stereocenters. The van der Waals surface area contributed by atoms with Gasteiger partial charge in [-0.1, -0.05) is 5.16 Å². The van der Waals surface area contributed by atoms with Crippen molar-refractivity contribution < 1.29 is 19.5 Å². The van der Waals surface area contributed by atoms with Gasteiger partial charge in [0, 0.05) is 6.20 Å². The number of carbonyl (C=O) groups excluding carboxylic acids is 1. The van der Waals surface area contributed by atoms with E-state index in [1.165, 1.54) is 6.20 Å². The van der Waals surface area contributed by atoms with Crippen LogP contribution in [0.4, 0.5) is 0 Å². The van der Waals surface area contributed by atoms with Crippen molar-refractivity contribution in [2.24, 2.45) is 5.16 Å². The van der Waals surface area contributed by atoms with Crippen LogP contribution in [0.15, 0.2) is 11.4 Å². The summed E-state index contributed by atoms with van der Waals surface area (Å²) in [6.45, 7) is 4.24. The largest absolute Gasteiger partial charge is 0.506 e. The van der Waals surface area contributed by atoms with E-state index < -0.39 is 5.97 Å². The highest BCUT2D eigenvalue weighted by atomic mass is 16.6. The highest BCUT2D eigenvalue weighted by Crippen LogP contribution is 2.31. The van der Waals surface area contributed by atoms with Crippen molar-refractivity contribution >= 4 is 11.7 Å². The molecule has 20 heavy (non-hydrogen) atoms. The van der Waals surface area contributed by atoms with Crippen LogP contribution in [0.2, 0.25) is 0 Å². The number of aromatic hydroxyl groups is 1. The van der Waals surface area contributed by atoms with Crippen molar-refractivity contribution in [1.82, 2.24) is 4.98 Å². The number of fused-ring (bicyclic) bond motifs is 1. The molecule has 1 aromatic heterocycles. The topological polar surface area (TPSA) is 81.0 Å². The Hall–Kier alpha value is -2.11. The van der Waals surface area contributed by atoms with E-state index in [2.05, 4.69) is 10.1 Å². The fourth-order valence-electron chi connectivity index (χ4n) is 2.17. The van der Waals surface area contributed by atoms with E-state index in [4.69, 9.17) is 9.57 Å². The molecule has 2 rings (SSSR count). The molecule has 6 nitrogen and oxygen atoms in total. The van der Waals surface area contributed by atoms with E-state index in [1.807, 2.05) is 6.92 Å². The second-order valence-corrected chi connectivity index (χ2v) is 4.37. The lowest BCUT2D eigenvalue weighted by Gasteiger charge is -2.19. The van der Waals surface area contributed by atoms with Crippen LogP contribution in [-0.4, -0.2) is 35.0 Å². The van der Waals surface area contributed by atoms with Gasteiger partial charge < -0.3 is 14.7 Å². The summed E-state index contributed by atoms with van der Waals surface area (Å²) in [5, 5.41) is 14.3. The minimum absolute atomic E-state index is 0.0664. The zero-order valence-corrected chi connectivity index (χ0v) is 11.7. The standard InChI is InChI=1S/C14H18N2O4/c1-3-19-14(18)9-8-15-10-6-5-7-11(16-20-4-2)12(10)13(9)17/h8H,3-7H2,1-2H3,(H,15,17). The maximum absolute atomic E-state index is 11.8. The lowest BCUT2D eigenvalue weighted by atomic mass is 9.92. The van der Waals surface area contributed by atoms with E-state index in [1.54, 1.807) is 6.92 Å². The summed E-state index contributed by atoms with van der Waals surface area (Å²) in [6, 6.07) is 0. The van der Waals surface area contributed by atoms with Crippen LogP contribution in [0, 0.1) is 0 Å². The van der Waals surface area contributed by atoms with Gasteiger partial charge in [-0.25, -0.2) is 4.79 Å². The molecule has 0 unspecified atom stereocenters. The van der Waals surface area contributed by atoms with Crippen molar-refractivity contribution in [3.63, 3.8) is 0 Å². The zero-order valence-electron chi connectivity index (χ0n) is 11.7. The normalized spacial score (nSPS) is 15.8. The average Bonchev–Trinajstić information content (AvgIpc) is 2.45. The number of pyridine rings is 1. The average molecular weight is 278 g/mol. The fourth-order valence-corrected chi connectivity index (χ4v) is 2.17. The number of hydrogen-bond acceptors (Lipinski definition) is 6.